The monoisotopic (exact) mass is 327 g/mol. The number of hydrogen-bond acceptors (Lipinski definition) is 3. The van der Waals surface area contributed by atoms with E-state index in [2.05, 4.69) is 11.8 Å². The lowest BCUT2D eigenvalue weighted by Gasteiger charge is -2.40. The first kappa shape index (κ1) is 18.1. The highest BCUT2D eigenvalue weighted by atomic mass is 16.5. The first-order valence-corrected chi connectivity index (χ1v) is 8.46. The SMILES string of the molecule is CC#CC(=O)N1CCC[C@](Cc2ccccc2C)(C(=O)OCC)C1. The van der Waals surface area contributed by atoms with Gasteiger partial charge >= 0.3 is 5.97 Å². The molecule has 0 aromatic heterocycles. The molecule has 0 unspecified atom stereocenters. The lowest BCUT2D eigenvalue weighted by molar-refractivity contribution is -0.160. The number of aryl methyl sites for hydroxylation is 1. The van der Waals surface area contributed by atoms with E-state index < -0.39 is 5.41 Å². The minimum absolute atomic E-state index is 0.212. The van der Waals surface area contributed by atoms with Crippen molar-refractivity contribution in [2.24, 2.45) is 5.41 Å². The second kappa shape index (κ2) is 8.01. The maximum absolute atomic E-state index is 12.8. The molecule has 2 rings (SSSR count). The molecule has 1 aromatic rings. The van der Waals surface area contributed by atoms with E-state index in [1.807, 2.05) is 38.1 Å². The van der Waals surface area contributed by atoms with Gasteiger partial charge in [0.25, 0.3) is 5.91 Å². The zero-order valence-corrected chi connectivity index (χ0v) is 14.7. The number of nitrogens with zero attached hydrogens (tertiary/aromatic N) is 1. The zero-order valence-electron chi connectivity index (χ0n) is 14.7. The number of amides is 1. The summed E-state index contributed by atoms with van der Waals surface area (Å²) in [6.07, 6.45) is 2.09. The van der Waals surface area contributed by atoms with Crippen LogP contribution in [0.4, 0.5) is 0 Å². The molecule has 0 aliphatic carbocycles. The molecular formula is C20H25NO3. The first-order chi connectivity index (χ1) is 11.5. The van der Waals surface area contributed by atoms with Crippen molar-refractivity contribution in [2.45, 2.75) is 40.0 Å². The van der Waals surface area contributed by atoms with E-state index in [4.69, 9.17) is 4.74 Å². The molecule has 1 fully saturated rings. The second-order valence-electron chi connectivity index (χ2n) is 6.31. The van der Waals surface area contributed by atoms with Crippen LogP contribution in [0.25, 0.3) is 0 Å². The Hall–Kier alpha value is -2.28. The Morgan fingerprint density at radius 2 is 2.08 bits per heavy atom. The van der Waals surface area contributed by atoms with E-state index in [1.165, 1.54) is 0 Å². The molecular weight excluding hydrogens is 302 g/mol. The van der Waals surface area contributed by atoms with Gasteiger partial charge in [0.2, 0.25) is 0 Å². The topological polar surface area (TPSA) is 46.6 Å². The van der Waals surface area contributed by atoms with Gasteiger partial charge in [-0.05, 0) is 57.1 Å². The summed E-state index contributed by atoms with van der Waals surface area (Å²) in [5.41, 5.74) is 1.59. The van der Waals surface area contributed by atoms with Crippen molar-refractivity contribution < 1.29 is 14.3 Å². The van der Waals surface area contributed by atoms with E-state index in [1.54, 1.807) is 11.8 Å². The second-order valence-corrected chi connectivity index (χ2v) is 6.31. The number of rotatable bonds is 4. The van der Waals surface area contributed by atoms with E-state index in [-0.39, 0.29) is 11.9 Å². The smallest absolute Gasteiger partial charge is 0.314 e. The van der Waals surface area contributed by atoms with Crippen LogP contribution in [0.3, 0.4) is 0 Å². The molecule has 1 amide bonds. The van der Waals surface area contributed by atoms with Crippen LogP contribution in [0.2, 0.25) is 0 Å². The number of piperidine rings is 1. The van der Waals surface area contributed by atoms with Crippen molar-refractivity contribution in [2.75, 3.05) is 19.7 Å². The molecule has 1 saturated heterocycles. The summed E-state index contributed by atoms with van der Waals surface area (Å²) in [6, 6.07) is 8.06. The van der Waals surface area contributed by atoms with Crippen LogP contribution in [-0.2, 0) is 20.7 Å². The molecule has 4 nitrogen and oxygen atoms in total. The van der Waals surface area contributed by atoms with Gasteiger partial charge in [-0.2, -0.15) is 0 Å². The Kier molecular flexibility index (Phi) is 6.03. The fourth-order valence-corrected chi connectivity index (χ4v) is 3.33. The fraction of sp³-hybridized carbons (Fsp3) is 0.500. The number of hydrogen-bond donors (Lipinski definition) is 0. The highest BCUT2D eigenvalue weighted by molar-refractivity contribution is 5.94. The molecule has 128 valence electrons. The van der Waals surface area contributed by atoms with Crippen molar-refractivity contribution >= 4 is 11.9 Å². The highest BCUT2D eigenvalue weighted by Crippen LogP contribution is 2.36. The van der Waals surface area contributed by atoms with Crippen molar-refractivity contribution in [1.29, 1.82) is 0 Å². The first-order valence-electron chi connectivity index (χ1n) is 8.46. The summed E-state index contributed by atoms with van der Waals surface area (Å²) in [7, 11) is 0. The Balaban J connectivity index is 2.32. The predicted octanol–water partition coefficient (Wildman–Crippen LogP) is 2.73. The van der Waals surface area contributed by atoms with Crippen LogP contribution in [0.1, 0.15) is 37.8 Å². The molecule has 24 heavy (non-hydrogen) atoms. The number of esters is 1. The van der Waals surface area contributed by atoms with Crippen LogP contribution < -0.4 is 0 Å². The van der Waals surface area contributed by atoms with Crippen molar-refractivity contribution in [3.63, 3.8) is 0 Å². The Morgan fingerprint density at radius 3 is 2.75 bits per heavy atom. The fourth-order valence-electron chi connectivity index (χ4n) is 3.33. The zero-order chi connectivity index (χ0) is 17.6. The summed E-state index contributed by atoms with van der Waals surface area (Å²) >= 11 is 0. The van der Waals surface area contributed by atoms with Gasteiger partial charge in [0.05, 0.1) is 12.0 Å². The third kappa shape index (κ3) is 3.97. The van der Waals surface area contributed by atoms with Crippen LogP contribution in [-0.4, -0.2) is 36.5 Å². The quantitative estimate of drug-likeness (QED) is 0.631. The van der Waals surface area contributed by atoms with E-state index in [0.717, 1.165) is 24.0 Å². The summed E-state index contributed by atoms with van der Waals surface area (Å²) in [6.45, 7) is 6.86. The predicted molar refractivity (Wildman–Crippen MR) is 93.2 cm³/mol. The van der Waals surface area contributed by atoms with Crippen LogP contribution in [0.5, 0.6) is 0 Å². The number of benzene rings is 1. The maximum Gasteiger partial charge on any atom is 0.314 e. The Bertz CT molecular complexity index is 671. The van der Waals surface area contributed by atoms with Gasteiger partial charge in [-0.25, -0.2) is 0 Å². The molecule has 4 heteroatoms. The van der Waals surface area contributed by atoms with Crippen molar-refractivity contribution in [3.05, 3.63) is 35.4 Å². The molecule has 1 aliphatic rings. The minimum Gasteiger partial charge on any atom is -0.466 e. The third-order valence-corrected chi connectivity index (χ3v) is 4.59. The Labute approximate surface area is 144 Å². The summed E-state index contributed by atoms with van der Waals surface area (Å²) < 4.78 is 5.37. The van der Waals surface area contributed by atoms with Gasteiger partial charge in [0.15, 0.2) is 0 Å². The van der Waals surface area contributed by atoms with Gasteiger partial charge in [-0.15, -0.1) is 0 Å². The molecule has 1 aromatic carbocycles. The standard InChI is InChI=1S/C20H25NO3/c1-4-9-18(22)21-13-8-12-20(15-21,19(23)24-5-2)14-17-11-7-6-10-16(17)3/h6-7,10-11H,5,8,12-15H2,1-3H3/t20-/m1/s1. The summed E-state index contributed by atoms with van der Waals surface area (Å²) in [5, 5.41) is 0. The number of carbonyl (C=O) groups is 2. The number of carbonyl (C=O) groups excluding carboxylic acids is 2. The normalized spacial score (nSPS) is 20.0. The van der Waals surface area contributed by atoms with Crippen LogP contribution in [0, 0.1) is 24.2 Å². The van der Waals surface area contributed by atoms with Crippen LogP contribution >= 0.6 is 0 Å². The van der Waals surface area contributed by atoms with Crippen molar-refractivity contribution in [1.82, 2.24) is 4.90 Å². The van der Waals surface area contributed by atoms with Crippen LogP contribution in [0.15, 0.2) is 24.3 Å². The lowest BCUT2D eigenvalue weighted by atomic mass is 9.74. The molecule has 0 bridgehead atoms. The maximum atomic E-state index is 12.8. The van der Waals surface area contributed by atoms with E-state index >= 15 is 0 Å². The lowest BCUT2D eigenvalue weighted by Crippen LogP contribution is -2.51. The third-order valence-electron chi connectivity index (χ3n) is 4.59. The van der Waals surface area contributed by atoms with E-state index in [9.17, 15) is 9.59 Å². The number of likely N-dealkylation sites (tertiary alicyclic amines) is 1. The highest BCUT2D eigenvalue weighted by Gasteiger charge is 2.44. The molecule has 1 aliphatic heterocycles. The van der Waals surface area contributed by atoms with Gasteiger partial charge in [-0.3, -0.25) is 9.59 Å². The van der Waals surface area contributed by atoms with Crippen molar-refractivity contribution in [3.8, 4) is 11.8 Å². The largest absolute Gasteiger partial charge is 0.466 e. The summed E-state index contributed by atoms with van der Waals surface area (Å²) in [5.74, 6) is 4.81. The molecule has 0 N–H and O–H groups in total. The molecule has 1 heterocycles. The van der Waals surface area contributed by atoms with E-state index in [0.29, 0.717) is 26.1 Å². The van der Waals surface area contributed by atoms with Gasteiger partial charge in [0.1, 0.15) is 0 Å². The van der Waals surface area contributed by atoms with Gasteiger partial charge in [-0.1, -0.05) is 30.2 Å². The Morgan fingerprint density at radius 1 is 1.33 bits per heavy atom. The molecule has 0 spiro atoms. The van der Waals surface area contributed by atoms with Gasteiger partial charge in [0, 0.05) is 13.1 Å². The molecule has 0 radical (unpaired) electrons. The average Bonchev–Trinajstić information content (AvgIpc) is 2.57. The molecule has 0 saturated carbocycles. The number of ether oxygens (including phenoxy) is 1. The average molecular weight is 327 g/mol. The van der Waals surface area contributed by atoms with Gasteiger partial charge < -0.3 is 9.64 Å². The summed E-state index contributed by atoms with van der Waals surface area (Å²) in [4.78, 5) is 26.6. The molecule has 1 atom stereocenters. The minimum atomic E-state index is -0.689.